The van der Waals surface area contributed by atoms with E-state index in [0.717, 1.165) is 27.0 Å². The monoisotopic (exact) mass is 308 g/mol. The predicted molar refractivity (Wildman–Crippen MR) is 83.9 cm³/mol. The number of hydrogen-bond acceptors (Lipinski definition) is 5. The number of methoxy groups -OCH3 is 1. The molecule has 1 aromatic carbocycles. The lowest BCUT2D eigenvalue weighted by molar-refractivity contribution is -0.113. The Hall–Kier alpha value is -1.53. The lowest BCUT2D eigenvalue weighted by Gasteiger charge is -2.09. The molecule has 0 fully saturated rings. The van der Waals surface area contributed by atoms with Crippen LogP contribution in [0.1, 0.15) is 11.3 Å². The second kappa shape index (κ2) is 6.76. The Labute approximate surface area is 126 Å². The highest BCUT2D eigenvalue weighted by atomic mass is 32.2. The lowest BCUT2D eigenvalue weighted by Crippen LogP contribution is -2.14. The minimum atomic E-state index is -0.0314. The summed E-state index contributed by atoms with van der Waals surface area (Å²) in [7, 11) is 1.62. The molecule has 2 rings (SSSR count). The molecule has 0 saturated carbocycles. The van der Waals surface area contributed by atoms with E-state index in [4.69, 9.17) is 4.74 Å². The van der Waals surface area contributed by atoms with Gasteiger partial charge in [-0.3, -0.25) is 4.79 Å². The summed E-state index contributed by atoms with van der Waals surface area (Å²) < 4.78 is 6.06. The summed E-state index contributed by atoms with van der Waals surface area (Å²) >= 11 is 3.01. The summed E-state index contributed by atoms with van der Waals surface area (Å²) in [4.78, 5) is 16.2. The van der Waals surface area contributed by atoms with Crippen molar-refractivity contribution >= 4 is 34.7 Å². The lowest BCUT2D eigenvalue weighted by atomic mass is 10.2. The molecule has 2 aromatic rings. The van der Waals surface area contributed by atoms with Gasteiger partial charge in [0.05, 0.1) is 12.9 Å². The van der Waals surface area contributed by atoms with Crippen LogP contribution in [0.4, 0.5) is 5.69 Å². The Bertz CT molecular complexity index is 611. The maximum atomic E-state index is 11.9. The quantitative estimate of drug-likeness (QED) is 0.859. The number of ether oxygens (including phenoxy) is 1. The van der Waals surface area contributed by atoms with Crippen molar-refractivity contribution in [1.29, 1.82) is 0 Å². The van der Waals surface area contributed by atoms with E-state index in [1.54, 1.807) is 18.4 Å². The van der Waals surface area contributed by atoms with Gasteiger partial charge in [-0.2, -0.15) is 0 Å². The van der Waals surface area contributed by atoms with Crippen LogP contribution >= 0.6 is 23.1 Å². The van der Waals surface area contributed by atoms with Gasteiger partial charge >= 0.3 is 0 Å². The van der Waals surface area contributed by atoms with Gasteiger partial charge < -0.3 is 10.1 Å². The van der Waals surface area contributed by atoms with Crippen LogP contribution in [0.5, 0.6) is 5.75 Å². The molecule has 0 radical (unpaired) electrons. The molecule has 0 saturated heterocycles. The Morgan fingerprint density at radius 1 is 1.45 bits per heavy atom. The van der Waals surface area contributed by atoms with Gasteiger partial charge in [0.1, 0.15) is 5.75 Å². The molecule has 4 nitrogen and oxygen atoms in total. The van der Waals surface area contributed by atoms with Crippen molar-refractivity contribution in [3.05, 3.63) is 34.8 Å². The van der Waals surface area contributed by atoms with Crippen LogP contribution in [0.25, 0.3) is 0 Å². The molecule has 0 unspecified atom stereocenters. The van der Waals surface area contributed by atoms with Crippen LogP contribution in [0, 0.1) is 13.8 Å². The molecular weight excluding hydrogens is 292 g/mol. The molecule has 1 N–H and O–H groups in total. The predicted octanol–water partition coefficient (Wildman–Crippen LogP) is 3.50. The first-order chi connectivity index (χ1) is 9.58. The minimum Gasteiger partial charge on any atom is -0.497 e. The largest absolute Gasteiger partial charge is 0.497 e. The van der Waals surface area contributed by atoms with Crippen LogP contribution in [-0.4, -0.2) is 23.8 Å². The molecule has 1 amide bonds. The normalized spacial score (nSPS) is 10.3. The molecule has 106 valence electrons. The van der Waals surface area contributed by atoms with Gasteiger partial charge in [-0.05, 0) is 37.6 Å². The van der Waals surface area contributed by atoms with Crippen molar-refractivity contribution in [1.82, 2.24) is 4.98 Å². The molecule has 0 bridgehead atoms. The van der Waals surface area contributed by atoms with Crippen molar-refractivity contribution in [3.8, 4) is 5.75 Å². The molecular formula is C14H16N2O2S2. The number of anilines is 1. The second-order valence-electron chi connectivity index (χ2n) is 4.27. The highest BCUT2D eigenvalue weighted by Crippen LogP contribution is 2.24. The average molecular weight is 308 g/mol. The number of carbonyl (C=O) groups is 1. The third-order valence-corrected chi connectivity index (χ3v) is 4.77. The van der Waals surface area contributed by atoms with E-state index < -0.39 is 0 Å². The van der Waals surface area contributed by atoms with Gasteiger partial charge in [0, 0.05) is 16.8 Å². The summed E-state index contributed by atoms with van der Waals surface area (Å²) in [6, 6.07) is 5.58. The van der Waals surface area contributed by atoms with Crippen LogP contribution in [0.15, 0.2) is 27.9 Å². The third kappa shape index (κ3) is 3.98. The van der Waals surface area contributed by atoms with Crippen LogP contribution in [-0.2, 0) is 4.79 Å². The second-order valence-corrected chi connectivity index (χ2v) is 6.35. The topological polar surface area (TPSA) is 51.2 Å². The molecule has 0 atom stereocenters. The number of hydrogen-bond donors (Lipinski definition) is 1. The fraction of sp³-hybridized carbons (Fsp3) is 0.286. The molecule has 0 aliphatic heterocycles. The van der Waals surface area contributed by atoms with Gasteiger partial charge in [0.15, 0.2) is 4.34 Å². The molecule has 20 heavy (non-hydrogen) atoms. The average Bonchev–Trinajstić information content (AvgIpc) is 2.84. The zero-order chi connectivity index (χ0) is 14.5. The molecule has 6 heteroatoms. The summed E-state index contributed by atoms with van der Waals surface area (Å²) in [5.74, 6) is 1.11. The van der Waals surface area contributed by atoms with Crippen LogP contribution < -0.4 is 10.1 Å². The first kappa shape index (κ1) is 14.9. The van der Waals surface area contributed by atoms with E-state index in [1.165, 1.54) is 11.8 Å². The van der Waals surface area contributed by atoms with E-state index in [9.17, 15) is 4.79 Å². The van der Waals surface area contributed by atoms with Gasteiger partial charge in [-0.1, -0.05) is 11.8 Å². The van der Waals surface area contributed by atoms with Crippen molar-refractivity contribution in [2.24, 2.45) is 0 Å². The number of aromatic nitrogens is 1. The van der Waals surface area contributed by atoms with Crippen LogP contribution in [0.3, 0.4) is 0 Å². The Morgan fingerprint density at radius 2 is 2.25 bits per heavy atom. The molecule has 1 heterocycles. The summed E-state index contributed by atoms with van der Waals surface area (Å²) in [6.45, 7) is 3.89. The fourth-order valence-electron chi connectivity index (χ4n) is 1.62. The standard InChI is InChI=1S/C14H16N2O2S2/c1-9-6-11(18-3)4-5-12(9)16-13(17)8-20-14-15-10(2)7-19-14/h4-7H,8H2,1-3H3,(H,16,17). The molecule has 0 spiro atoms. The fourth-order valence-corrected chi connectivity index (χ4v) is 3.26. The Balaban J connectivity index is 1.91. The number of thiazole rings is 1. The number of amides is 1. The summed E-state index contributed by atoms with van der Waals surface area (Å²) in [6.07, 6.45) is 0. The SMILES string of the molecule is COc1ccc(NC(=O)CSc2nc(C)cs2)c(C)c1. The van der Waals surface area contributed by atoms with Crippen molar-refractivity contribution < 1.29 is 9.53 Å². The Morgan fingerprint density at radius 3 is 2.85 bits per heavy atom. The van der Waals surface area contributed by atoms with Gasteiger partial charge in [0.2, 0.25) is 5.91 Å². The van der Waals surface area contributed by atoms with Crippen molar-refractivity contribution in [3.63, 3.8) is 0 Å². The zero-order valence-electron chi connectivity index (χ0n) is 11.6. The minimum absolute atomic E-state index is 0.0314. The van der Waals surface area contributed by atoms with E-state index in [2.05, 4.69) is 10.3 Å². The number of nitrogens with one attached hydrogen (secondary N) is 1. The van der Waals surface area contributed by atoms with E-state index in [1.807, 2.05) is 37.4 Å². The summed E-state index contributed by atoms with van der Waals surface area (Å²) in [5, 5.41) is 4.88. The van der Waals surface area contributed by atoms with E-state index in [-0.39, 0.29) is 5.91 Å². The van der Waals surface area contributed by atoms with E-state index >= 15 is 0 Å². The van der Waals surface area contributed by atoms with Gasteiger partial charge in [0.25, 0.3) is 0 Å². The Kier molecular flexibility index (Phi) is 5.03. The smallest absolute Gasteiger partial charge is 0.234 e. The van der Waals surface area contributed by atoms with Crippen molar-refractivity contribution in [2.75, 3.05) is 18.2 Å². The highest BCUT2D eigenvalue weighted by Gasteiger charge is 2.08. The molecule has 0 aliphatic rings. The third-order valence-electron chi connectivity index (χ3n) is 2.63. The van der Waals surface area contributed by atoms with Crippen molar-refractivity contribution in [2.45, 2.75) is 18.2 Å². The van der Waals surface area contributed by atoms with Gasteiger partial charge in [-0.15, -0.1) is 11.3 Å². The van der Waals surface area contributed by atoms with Crippen LogP contribution in [0.2, 0.25) is 0 Å². The first-order valence-electron chi connectivity index (χ1n) is 6.08. The number of aryl methyl sites for hydroxylation is 2. The number of carbonyl (C=O) groups excluding carboxylic acids is 1. The number of thioether (sulfide) groups is 1. The summed E-state index contributed by atoms with van der Waals surface area (Å²) in [5.41, 5.74) is 2.78. The number of benzene rings is 1. The molecule has 1 aromatic heterocycles. The number of nitrogens with zero attached hydrogens (tertiary/aromatic N) is 1. The molecule has 0 aliphatic carbocycles. The maximum Gasteiger partial charge on any atom is 0.234 e. The van der Waals surface area contributed by atoms with E-state index in [0.29, 0.717) is 5.75 Å². The highest BCUT2D eigenvalue weighted by molar-refractivity contribution is 8.01. The maximum absolute atomic E-state index is 11.9. The number of rotatable bonds is 5. The zero-order valence-corrected chi connectivity index (χ0v) is 13.2. The van der Waals surface area contributed by atoms with Gasteiger partial charge in [-0.25, -0.2) is 4.98 Å². The first-order valence-corrected chi connectivity index (χ1v) is 7.94.